The van der Waals surface area contributed by atoms with Crippen molar-refractivity contribution >= 4 is 57.3 Å². The summed E-state index contributed by atoms with van der Waals surface area (Å²) in [6, 6.07) is 11.6. The van der Waals surface area contributed by atoms with Crippen molar-refractivity contribution in [2.24, 2.45) is 0 Å². The van der Waals surface area contributed by atoms with Gasteiger partial charge in [0.25, 0.3) is 11.6 Å². The molecule has 1 saturated heterocycles. The SMILES string of the molecule is COc1cc(/C=C2\SC(=S)N(c3cccc([N+](=O)[O-])c3)C2=O)ccc1Oc1ccc(C(F)(F)F)cc1[N+](=O)[O-]. The van der Waals surface area contributed by atoms with Gasteiger partial charge in [0, 0.05) is 18.2 Å². The lowest BCUT2D eigenvalue weighted by molar-refractivity contribution is -0.385. The fourth-order valence-electron chi connectivity index (χ4n) is 3.49. The molecule has 0 saturated carbocycles. The second kappa shape index (κ2) is 10.7. The van der Waals surface area contributed by atoms with Crippen LogP contribution in [-0.2, 0) is 11.0 Å². The zero-order valence-electron chi connectivity index (χ0n) is 19.5. The number of carbonyl (C=O) groups is 1. The van der Waals surface area contributed by atoms with E-state index in [2.05, 4.69) is 0 Å². The van der Waals surface area contributed by atoms with E-state index in [0.717, 1.165) is 22.7 Å². The van der Waals surface area contributed by atoms with E-state index >= 15 is 0 Å². The molecule has 1 aliphatic rings. The first-order valence-corrected chi connectivity index (χ1v) is 11.9. The highest BCUT2D eigenvalue weighted by atomic mass is 32.2. The van der Waals surface area contributed by atoms with Gasteiger partial charge in [-0.3, -0.25) is 29.9 Å². The summed E-state index contributed by atoms with van der Waals surface area (Å²) in [7, 11) is 1.29. The first kappa shape index (κ1) is 27.5. The van der Waals surface area contributed by atoms with Gasteiger partial charge in [-0.2, -0.15) is 13.2 Å². The molecule has 10 nitrogen and oxygen atoms in total. The van der Waals surface area contributed by atoms with E-state index in [-0.39, 0.29) is 32.1 Å². The number of amides is 1. The van der Waals surface area contributed by atoms with Gasteiger partial charge in [-0.1, -0.05) is 36.1 Å². The molecule has 0 aromatic heterocycles. The number of nitro benzene ring substituents is 2. The topological polar surface area (TPSA) is 125 Å². The molecule has 39 heavy (non-hydrogen) atoms. The molecule has 1 amide bonds. The number of hydrogen-bond donors (Lipinski definition) is 0. The van der Waals surface area contributed by atoms with Crippen LogP contribution in [-0.4, -0.2) is 27.2 Å². The van der Waals surface area contributed by atoms with Crippen molar-refractivity contribution < 1.29 is 37.3 Å². The van der Waals surface area contributed by atoms with Crippen LogP contribution in [0.25, 0.3) is 6.08 Å². The largest absolute Gasteiger partial charge is 0.493 e. The summed E-state index contributed by atoms with van der Waals surface area (Å²) in [4.78, 5) is 35.3. The predicted molar refractivity (Wildman–Crippen MR) is 140 cm³/mol. The Morgan fingerprint density at radius 1 is 0.974 bits per heavy atom. The van der Waals surface area contributed by atoms with E-state index in [4.69, 9.17) is 21.7 Å². The minimum atomic E-state index is -4.78. The van der Waals surface area contributed by atoms with Crippen molar-refractivity contribution in [3.05, 3.63) is 96.9 Å². The molecule has 0 aliphatic carbocycles. The predicted octanol–water partition coefficient (Wildman–Crippen LogP) is 6.73. The van der Waals surface area contributed by atoms with Gasteiger partial charge in [-0.15, -0.1) is 0 Å². The second-order valence-electron chi connectivity index (χ2n) is 7.74. The molecule has 1 aliphatic heterocycles. The Morgan fingerprint density at radius 3 is 2.33 bits per heavy atom. The number of hydrogen-bond acceptors (Lipinski definition) is 9. The average Bonchev–Trinajstić information content (AvgIpc) is 3.16. The molecule has 0 radical (unpaired) electrons. The number of carbonyl (C=O) groups excluding carboxylic acids is 1. The first-order valence-electron chi connectivity index (χ1n) is 10.6. The smallest absolute Gasteiger partial charge is 0.416 e. The Bertz CT molecular complexity index is 1560. The number of anilines is 1. The zero-order valence-corrected chi connectivity index (χ0v) is 21.1. The van der Waals surface area contributed by atoms with Crippen LogP contribution >= 0.6 is 24.0 Å². The Kier molecular flexibility index (Phi) is 7.56. The molecule has 15 heteroatoms. The number of alkyl halides is 3. The molecule has 0 bridgehead atoms. The second-order valence-corrected chi connectivity index (χ2v) is 9.42. The van der Waals surface area contributed by atoms with Gasteiger partial charge in [0.1, 0.15) is 0 Å². The highest BCUT2D eigenvalue weighted by molar-refractivity contribution is 8.27. The monoisotopic (exact) mass is 577 g/mol. The molecule has 0 unspecified atom stereocenters. The summed E-state index contributed by atoms with van der Waals surface area (Å²) in [5.41, 5.74) is -1.62. The van der Waals surface area contributed by atoms with E-state index in [1.165, 1.54) is 55.7 Å². The normalized spacial score (nSPS) is 14.6. The molecular formula is C24H14F3N3O7S2. The lowest BCUT2D eigenvalue weighted by atomic mass is 10.1. The number of ether oxygens (including phenoxy) is 2. The third kappa shape index (κ3) is 5.83. The summed E-state index contributed by atoms with van der Waals surface area (Å²) in [6.45, 7) is 0. The molecule has 3 aromatic carbocycles. The van der Waals surface area contributed by atoms with Crippen molar-refractivity contribution in [2.75, 3.05) is 12.0 Å². The number of halogens is 3. The van der Waals surface area contributed by atoms with Crippen LogP contribution in [0.15, 0.2) is 65.6 Å². The Hall–Kier alpha value is -4.50. The summed E-state index contributed by atoms with van der Waals surface area (Å²) >= 11 is 6.27. The average molecular weight is 578 g/mol. The maximum atomic E-state index is 13.0. The zero-order chi connectivity index (χ0) is 28.5. The number of benzene rings is 3. The highest BCUT2D eigenvalue weighted by Gasteiger charge is 2.35. The van der Waals surface area contributed by atoms with Crippen LogP contribution in [0, 0.1) is 20.2 Å². The van der Waals surface area contributed by atoms with Crippen LogP contribution < -0.4 is 14.4 Å². The van der Waals surface area contributed by atoms with Crippen LogP contribution in [0.3, 0.4) is 0 Å². The van der Waals surface area contributed by atoms with Gasteiger partial charge in [-0.05, 0) is 42.0 Å². The maximum absolute atomic E-state index is 13.0. The number of thiocarbonyl (C=S) groups is 1. The van der Waals surface area contributed by atoms with Gasteiger partial charge < -0.3 is 9.47 Å². The molecule has 200 valence electrons. The Labute approximate surface area is 226 Å². The maximum Gasteiger partial charge on any atom is 0.416 e. The van der Waals surface area contributed by atoms with Crippen LogP contribution in [0.4, 0.5) is 30.2 Å². The van der Waals surface area contributed by atoms with Gasteiger partial charge in [0.15, 0.2) is 15.8 Å². The molecule has 1 fully saturated rings. The lowest BCUT2D eigenvalue weighted by Gasteiger charge is -2.14. The molecule has 0 atom stereocenters. The fraction of sp³-hybridized carbons (Fsp3) is 0.0833. The minimum Gasteiger partial charge on any atom is -0.493 e. The minimum absolute atomic E-state index is 0.0262. The van der Waals surface area contributed by atoms with Crippen molar-refractivity contribution in [1.29, 1.82) is 0 Å². The molecular weight excluding hydrogens is 563 g/mol. The van der Waals surface area contributed by atoms with E-state index in [9.17, 15) is 38.2 Å². The van der Waals surface area contributed by atoms with E-state index in [1.807, 2.05) is 0 Å². The number of nitrogens with zero attached hydrogens (tertiary/aromatic N) is 3. The summed E-state index contributed by atoms with van der Waals surface area (Å²) in [5.74, 6) is -0.893. The standard InChI is InChI=1S/C24H14F3N3O7S2/c1-36-20-9-13(5-7-19(20)37-18-8-6-14(24(25,26)27)11-17(18)30(34)35)10-21-22(31)28(23(38)39-21)15-3-2-4-16(12-15)29(32)33/h2-12H,1H3/b21-10-. The fourth-order valence-corrected chi connectivity index (χ4v) is 4.79. The quantitative estimate of drug-likeness (QED) is 0.130. The third-order valence-corrected chi connectivity index (χ3v) is 6.58. The van der Waals surface area contributed by atoms with E-state index in [1.54, 1.807) is 0 Å². The Balaban J connectivity index is 1.62. The number of non-ortho nitro benzene ring substituents is 1. The molecule has 3 aromatic rings. The summed E-state index contributed by atoms with van der Waals surface area (Å²) < 4.78 is 49.9. The molecule has 4 rings (SSSR count). The van der Waals surface area contributed by atoms with Crippen molar-refractivity contribution in [3.63, 3.8) is 0 Å². The van der Waals surface area contributed by atoms with Gasteiger partial charge >= 0.3 is 11.9 Å². The van der Waals surface area contributed by atoms with Crippen molar-refractivity contribution in [2.45, 2.75) is 6.18 Å². The van der Waals surface area contributed by atoms with Crippen molar-refractivity contribution in [1.82, 2.24) is 0 Å². The highest BCUT2D eigenvalue weighted by Crippen LogP contribution is 2.41. The Morgan fingerprint density at radius 2 is 1.69 bits per heavy atom. The van der Waals surface area contributed by atoms with Gasteiger partial charge in [0.05, 0.1) is 33.1 Å². The number of methoxy groups -OCH3 is 1. The van der Waals surface area contributed by atoms with Crippen molar-refractivity contribution in [3.8, 4) is 17.2 Å². The summed E-state index contributed by atoms with van der Waals surface area (Å²) in [5, 5.41) is 22.5. The van der Waals surface area contributed by atoms with E-state index < -0.39 is 38.9 Å². The molecule has 0 N–H and O–H groups in total. The molecule has 0 spiro atoms. The van der Waals surface area contributed by atoms with Gasteiger partial charge in [0.2, 0.25) is 5.75 Å². The van der Waals surface area contributed by atoms with E-state index in [0.29, 0.717) is 17.7 Å². The lowest BCUT2D eigenvalue weighted by Crippen LogP contribution is -2.27. The first-order chi connectivity index (χ1) is 18.4. The summed E-state index contributed by atoms with van der Waals surface area (Å²) in [6.07, 6.45) is -3.29. The molecule has 1 heterocycles. The third-order valence-electron chi connectivity index (χ3n) is 5.28. The van der Waals surface area contributed by atoms with Gasteiger partial charge in [-0.25, -0.2) is 0 Å². The number of rotatable bonds is 7. The number of thioether (sulfide) groups is 1. The van der Waals surface area contributed by atoms with Crippen LogP contribution in [0.1, 0.15) is 11.1 Å². The van der Waals surface area contributed by atoms with Crippen LogP contribution in [0.2, 0.25) is 0 Å². The number of nitro groups is 2. The van der Waals surface area contributed by atoms with Crippen LogP contribution in [0.5, 0.6) is 17.2 Å².